The van der Waals surface area contributed by atoms with Crippen LogP contribution in [0, 0.1) is 13.8 Å². The van der Waals surface area contributed by atoms with E-state index < -0.39 is 74.6 Å². The maximum atomic E-state index is 11.2. The van der Waals surface area contributed by atoms with Crippen LogP contribution in [0.5, 0.6) is 0 Å². The van der Waals surface area contributed by atoms with Gasteiger partial charge in [0.1, 0.15) is 48.8 Å². The number of nitrogens with zero attached hydrogens (tertiary/aromatic N) is 2. The molecule has 2 fully saturated rings. The highest BCUT2D eigenvalue weighted by atomic mass is 16.7. The summed E-state index contributed by atoms with van der Waals surface area (Å²) < 4.78 is 23.0. The quantitative estimate of drug-likeness (QED) is 0.0850. The number of aromatic nitrogens is 4. The van der Waals surface area contributed by atoms with E-state index in [9.17, 15) is 35.7 Å². The summed E-state index contributed by atoms with van der Waals surface area (Å²) in [4.78, 5) is 18.3. The van der Waals surface area contributed by atoms with Crippen molar-refractivity contribution in [2.24, 2.45) is 0 Å². The third kappa shape index (κ3) is 8.49. The van der Waals surface area contributed by atoms with Crippen LogP contribution in [0.15, 0.2) is 42.5 Å². The molecular formula is C51H64N4O11. The molecule has 4 aromatic rings. The van der Waals surface area contributed by atoms with E-state index in [0.29, 0.717) is 0 Å². The Hall–Kier alpha value is -4.62. The Morgan fingerprint density at radius 2 is 1.20 bits per heavy atom. The molecule has 8 bridgehead atoms. The van der Waals surface area contributed by atoms with Crippen LogP contribution in [-0.2, 0) is 38.4 Å². The lowest BCUT2D eigenvalue weighted by atomic mass is 9.95. The average Bonchev–Trinajstić information content (AvgIpc) is 4.00. The highest BCUT2D eigenvalue weighted by molar-refractivity contribution is 6.01. The van der Waals surface area contributed by atoms with Crippen molar-refractivity contribution in [1.82, 2.24) is 19.9 Å². The number of aryl methyl sites for hydroxylation is 4. The topological polar surface area (TPSA) is 236 Å². The molecule has 4 aliphatic rings. The van der Waals surface area contributed by atoms with E-state index in [-0.39, 0.29) is 6.61 Å². The van der Waals surface area contributed by atoms with Gasteiger partial charge in [-0.2, -0.15) is 0 Å². The summed E-state index contributed by atoms with van der Waals surface area (Å²) in [7, 11) is 0. The Kier molecular flexibility index (Phi) is 14.2. The zero-order chi connectivity index (χ0) is 47.3. The van der Waals surface area contributed by atoms with E-state index in [0.717, 1.165) is 109 Å². The Bertz CT molecular complexity index is 2680. The second kappa shape index (κ2) is 19.5. The molecule has 66 heavy (non-hydrogen) atoms. The molecule has 0 unspecified atom stereocenters. The first-order valence-electron chi connectivity index (χ1n) is 23.1. The molecule has 10 atom stereocenters. The third-order valence-electron chi connectivity index (χ3n) is 14.0. The highest BCUT2D eigenvalue weighted by Crippen LogP contribution is 2.42. The fourth-order valence-corrected chi connectivity index (χ4v) is 10.1. The van der Waals surface area contributed by atoms with Crippen LogP contribution < -0.4 is 0 Å². The van der Waals surface area contributed by atoms with Gasteiger partial charge >= 0.3 is 0 Å². The number of H-pyrrole nitrogens is 2. The van der Waals surface area contributed by atoms with Gasteiger partial charge in [-0.1, -0.05) is 52.0 Å². The minimum Gasteiger partial charge on any atom is -0.394 e. The van der Waals surface area contributed by atoms with E-state index in [1.807, 2.05) is 24.3 Å². The molecule has 2 saturated heterocycles. The molecule has 7 heterocycles. The number of aromatic amines is 2. The van der Waals surface area contributed by atoms with Gasteiger partial charge in [0.2, 0.25) is 0 Å². The number of nitrogens with one attached hydrogen (secondary N) is 2. The number of fused-ring (bicyclic) bond motifs is 8. The maximum absolute atomic E-state index is 11.2. The minimum atomic E-state index is -1.77. The van der Waals surface area contributed by atoms with E-state index >= 15 is 0 Å². The van der Waals surface area contributed by atoms with E-state index in [4.69, 9.17) is 28.9 Å². The molecule has 354 valence electrons. The monoisotopic (exact) mass is 908 g/mol. The Balaban J connectivity index is 1.17. The fourth-order valence-electron chi connectivity index (χ4n) is 10.1. The molecule has 15 nitrogen and oxygen atoms in total. The maximum Gasteiger partial charge on any atom is 0.187 e. The lowest BCUT2D eigenvalue weighted by Crippen LogP contribution is -2.64. The van der Waals surface area contributed by atoms with Crippen LogP contribution in [0.25, 0.3) is 55.5 Å². The van der Waals surface area contributed by atoms with Gasteiger partial charge in [-0.25, -0.2) is 9.97 Å². The molecule has 0 spiro atoms. The summed E-state index contributed by atoms with van der Waals surface area (Å²) in [6, 6.07) is 14.5. The van der Waals surface area contributed by atoms with Gasteiger partial charge in [0.05, 0.1) is 48.1 Å². The first-order valence-corrected chi connectivity index (χ1v) is 23.1. The molecule has 0 amide bonds. The summed E-state index contributed by atoms with van der Waals surface area (Å²) >= 11 is 0. The second-order valence-electron chi connectivity index (χ2n) is 17.7. The molecule has 8 rings (SSSR count). The van der Waals surface area contributed by atoms with Crippen LogP contribution >= 0.6 is 0 Å². The Morgan fingerprint density at radius 3 is 1.85 bits per heavy atom. The van der Waals surface area contributed by atoms with E-state index in [1.165, 1.54) is 22.3 Å². The highest BCUT2D eigenvalue weighted by Gasteiger charge is 2.50. The lowest BCUT2D eigenvalue weighted by Gasteiger charge is -2.45. The molecule has 4 aliphatic heterocycles. The summed E-state index contributed by atoms with van der Waals surface area (Å²) in [5, 5.41) is 73.0. The normalized spacial score (nSPS) is 27.0. The molecule has 15 heteroatoms. The van der Waals surface area contributed by atoms with Gasteiger partial charge in [0.15, 0.2) is 12.6 Å². The van der Waals surface area contributed by atoms with Gasteiger partial charge < -0.3 is 64.7 Å². The van der Waals surface area contributed by atoms with E-state index in [1.54, 1.807) is 0 Å². The van der Waals surface area contributed by atoms with Crippen LogP contribution in [-0.4, -0.2) is 130 Å². The van der Waals surface area contributed by atoms with E-state index in [2.05, 4.69) is 83.6 Å². The van der Waals surface area contributed by atoms with Crippen molar-refractivity contribution in [3.8, 4) is 11.1 Å². The number of aliphatic hydroxyl groups excluding tert-OH is 7. The molecule has 1 aromatic carbocycles. The predicted molar refractivity (Wildman–Crippen MR) is 251 cm³/mol. The van der Waals surface area contributed by atoms with Crippen LogP contribution in [0.3, 0.4) is 0 Å². The third-order valence-corrected chi connectivity index (χ3v) is 14.0. The van der Waals surface area contributed by atoms with Crippen molar-refractivity contribution in [3.63, 3.8) is 0 Å². The molecule has 0 saturated carbocycles. The molecule has 3 aromatic heterocycles. The van der Waals surface area contributed by atoms with Gasteiger partial charge in [0, 0.05) is 22.1 Å². The number of aliphatic hydroxyl groups is 7. The fraction of sp³-hybridized carbons (Fsp3) is 0.490. The summed E-state index contributed by atoms with van der Waals surface area (Å²) in [5.74, 6) is 0. The smallest absolute Gasteiger partial charge is 0.187 e. The SMILES string of the molecule is CCC1=C(C)c2cc3nc(c(-c4ccc(CO[C@H]5O[C@H](CO)[C@@H](O[C@@H]6O[C@H](CO)[C@@H](O)[C@H](O)[C@H]6O)[C@H](O)[C@H]5O)cc4)c4[nH]c(cc5[nH]c(cc1n2)c(CC)c5C)c(CC)c4C)C(C)=C3CC. The standard InChI is InChI=1S/C51H64N4O11/c1-9-29-23(5)33-17-37-31(11-3)25(7)42(54-37)41(43-26(8)32(12-4)38(55-43)18-34-24(6)30(10-2)36(53-34)19-35(29)52-33)28-15-13-27(14-16-28)22-63-50-48(62)46(60)49(40(21-57)65-50)66-51-47(61)45(59)44(58)39(20-56)64-51/h13-19,39-40,44-52,54,56-62H,9-12,20-22H2,1-8H3/t39-,40-,44-,45+,46-,47-,48-,49-,50+,51+/m1/s1. The van der Waals surface area contributed by atoms with Crippen LogP contribution in [0.2, 0.25) is 0 Å². The van der Waals surface area contributed by atoms with Gasteiger partial charge in [0.25, 0.3) is 0 Å². The number of hydrogen-bond acceptors (Lipinski definition) is 13. The first-order chi connectivity index (χ1) is 31.7. The Morgan fingerprint density at radius 1 is 0.591 bits per heavy atom. The van der Waals surface area contributed by atoms with Crippen molar-refractivity contribution < 1.29 is 54.7 Å². The van der Waals surface area contributed by atoms with Gasteiger partial charge in [-0.05, 0) is 127 Å². The van der Waals surface area contributed by atoms with Crippen molar-refractivity contribution in [3.05, 3.63) is 93.1 Å². The lowest BCUT2D eigenvalue weighted by molar-refractivity contribution is -0.360. The molecule has 0 aliphatic carbocycles. The summed E-state index contributed by atoms with van der Waals surface area (Å²) in [6.07, 6.45) is -12.1. The number of hydrogen-bond donors (Lipinski definition) is 9. The average molecular weight is 909 g/mol. The number of benzene rings is 1. The molecule has 9 N–H and O–H groups in total. The van der Waals surface area contributed by atoms with Gasteiger partial charge in [-0.3, -0.25) is 0 Å². The van der Waals surface area contributed by atoms with Crippen molar-refractivity contribution in [2.45, 2.75) is 149 Å². The summed E-state index contributed by atoms with van der Waals surface area (Å²) in [5.41, 5.74) is 19.8. The number of ether oxygens (including phenoxy) is 4. The van der Waals surface area contributed by atoms with Crippen molar-refractivity contribution in [1.29, 1.82) is 0 Å². The summed E-state index contributed by atoms with van der Waals surface area (Å²) in [6.45, 7) is 16.0. The largest absolute Gasteiger partial charge is 0.394 e. The second-order valence-corrected chi connectivity index (χ2v) is 17.7. The first kappa shape index (κ1) is 47.9. The number of allylic oxidation sites excluding steroid dienone is 4. The zero-order valence-corrected chi connectivity index (χ0v) is 38.9. The van der Waals surface area contributed by atoms with Gasteiger partial charge in [-0.15, -0.1) is 0 Å². The van der Waals surface area contributed by atoms with Crippen LogP contribution in [0.1, 0.15) is 105 Å². The minimum absolute atomic E-state index is 0.0315. The molecule has 0 radical (unpaired) electrons. The zero-order valence-electron chi connectivity index (χ0n) is 38.9. The Labute approximate surface area is 384 Å². The molecular weight excluding hydrogens is 845 g/mol. The predicted octanol–water partition coefficient (Wildman–Crippen LogP) is 5.55. The van der Waals surface area contributed by atoms with Crippen molar-refractivity contribution >= 4 is 44.4 Å². The van der Waals surface area contributed by atoms with Crippen molar-refractivity contribution in [2.75, 3.05) is 13.2 Å². The van der Waals surface area contributed by atoms with Crippen LogP contribution in [0.4, 0.5) is 0 Å². The number of rotatable bonds is 12.